The third-order valence-electron chi connectivity index (χ3n) is 7.09. The molecule has 0 saturated carbocycles. The number of nitrogens with zero attached hydrogens (tertiary/aromatic N) is 3. The number of hydrogen-bond donors (Lipinski definition) is 1. The van der Waals surface area contributed by atoms with Crippen LogP contribution in [0.1, 0.15) is 35.8 Å². The first-order valence-corrected chi connectivity index (χ1v) is 14.8. The summed E-state index contributed by atoms with van der Waals surface area (Å²) in [6, 6.07) is 23.9. The average Bonchev–Trinajstić information content (AvgIpc) is 3.57. The molecule has 0 bridgehead atoms. The number of rotatable bonds is 7. The summed E-state index contributed by atoms with van der Waals surface area (Å²) in [5, 5.41) is 7.88. The fourth-order valence-electron chi connectivity index (χ4n) is 5.13. The Morgan fingerprint density at radius 2 is 1.85 bits per heavy atom. The zero-order chi connectivity index (χ0) is 28.5. The molecule has 2 amide bonds. The monoisotopic (exact) mass is 568 g/mol. The fourth-order valence-corrected chi connectivity index (χ4v) is 6.31. The van der Waals surface area contributed by atoms with Gasteiger partial charge in [-0.3, -0.25) is 14.5 Å². The summed E-state index contributed by atoms with van der Waals surface area (Å²) in [6.07, 6.45) is 0. The lowest BCUT2D eigenvalue weighted by Gasteiger charge is -2.23. The minimum absolute atomic E-state index is 0.0985. The predicted molar refractivity (Wildman–Crippen MR) is 161 cm³/mol. The van der Waals surface area contributed by atoms with Gasteiger partial charge in [0.15, 0.2) is 11.5 Å². The SMILES string of the molecule is Cc1cccc(-n2nc(-c3ccccc3)c3c2N(CC(=O)NCC(C)C)C(=O)CSC3c2ccc3c(c2)OCO3)c1. The first-order chi connectivity index (χ1) is 19.9. The number of amides is 2. The molecule has 2 aliphatic rings. The second kappa shape index (κ2) is 11.3. The molecule has 1 aromatic heterocycles. The van der Waals surface area contributed by atoms with E-state index in [9.17, 15) is 9.59 Å². The third-order valence-corrected chi connectivity index (χ3v) is 8.35. The van der Waals surface area contributed by atoms with Gasteiger partial charge in [0.25, 0.3) is 0 Å². The number of ether oxygens (including phenoxy) is 2. The molecular formula is C32H32N4O4S. The molecule has 8 nitrogen and oxygen atoms in total. The van der Waals surface area contributed by atoms with Gasteiger partial charge in [-0.05, 0) is 48.2 Å². The van der Waals surface area contributed by atoms with E-state index >= 15 is 0 Å². The van der Waals surface area contributed by atoms with Crippen LogP contribution in [0.4, 0.5) is 5.82 Å². The molecule has 1 N–H and O–H groups in total. The molecule has 3 aromatic carbocycles. The van der Waals surface area contributed by atoms with Crippen LogP contribution < -0.4 is 19.7 Å². The summed E-state index contributed by atoms with van der Waals surface area (Å²) in [6.45, 7) is 6.73. The number of hydrogen-bond acceptors (Lipinski definition) is 6. The van der Waals surface area contributed by atoms with Gasteiger partial charge in [-0.15, -0.1) is 11.8 Å². The highest BCUT2D eigenvalue weighted by Crippen LogP contribution is 2.50. The molecule has 0 saturated heterocycles. The summed E-state index contributed by atoms with van der Waals surface area (Å²) in [5.74, 6) is 2.13. The van der Waals surface area contributed by atoms with Gasteiger partial charge >= 0.3 is 0 Å². The van der Waals surface area contributed by atoms with Crippen LogP contribution in [-0.2, 0) is 9.59 Å². The van der Waals surface area contributed by atoms with E-state index in [1.54, 1.807) is 4.90 Å². The predicted octanol–water partition coefficient (Wildman–Crippen LogP) is 5.52. The van der Waals surface area contributed by atoms with Gasteiger partial charge in [0.2, 0.25) is 18.6 Å². The van der Waals surface area contributed by atoms with Crippen molar-refractivity contribution < 1.29 is 19.1 Å². The van der Waals surface area contributed by atoms with Crippen LogP contribution in [-0.4, -0.2) is 47.2 Å². The van der Waals surface area contributed by atoms with Crippen molar-refractivity contribution in [3.8, 4) is 28.4 Å². The Morgan fingerprint density at radius 1 is 1.05 bits per heavy atom. The van der Waals surface area contributed by atoms with Crippen molar-refractivity contribution in [2.45, 2.75) is 26.0 Å². The van der Waals surface area contributed by atoms with Crippen molar-refractivity contribution in [3.05, 3.63) is 89.5 Å². The van der Waals surface area contributed by atoms with E-state index in [1.165, 1.54) is 11.8 Å². The van der Waals surface area contributed by atoms with Crippen molar-refractivity contribution in [3.63, 3.8) is 0 Å². The van der Waals surface area contributed by atoms with E-state index in [0.29, 0.717) is 29.8 Å². The molecule has 2 aliphatic heterocycles. The minimum Gasteiger partial charge on any atom is -0.454 e. The summed E-state index contributed by atoms with van der Waals surface area (Å²) < 4.78 is 13.1. The van der Waals surface area contributed by atoms with Crippen molar-refractivity contribution in [1.29, 1.82) is 0 Å². The van der Waals surface area contributed by atoms with Gasteiger partial charge in [0, 0.05) is 17.7 Å². The first kappa shape index (κ1) is 27.0. The number of benzene rings is 3. The summed E-state index contributed by atoms with van der Waals surface area (Å²) in [4.78, 5) is 28.6. The number of nitrogens with one attached hydrogen (secondary N) is 1. The van der Waals surface area contributed by atoms with Crippen molar-refractivity contribution in [2.24, 2.45) is 5.92 Å². The number of fused-ring (bicyclic) bond motifs is 2. The second-order valence-corrected chi connectivity index (χ2v) is 11.8. The van der Waals surface area contributed by atoms with Crippen molar-refractivity contribution in [2.75, 3.05) is 30.5 Å². The van der Waals surface area contributed by atoms with Gasteiger partial charge in [-0.1, -0.05) is 62.4 Å². The van der Waals surface area contributed by atoms with E-state index in [2.05, 4.69) is 5.32 Å². The normalized spacial score (nSPS) is 16.0. The molecule has 210 valence electrons. The molecule has 9 heteroatoms. The maximum atomic E-state index is 13.9. The van der Waals surface area contributed by atoms with Crippen LogP contribution in [0, 0.1) is 12.8 Å². The Labute approximate surface area is 243 Å². The van der Waals surface area contributed by atoms with E-state index in [0.717, 1.165) is 33.6 Å². The maximum Gasteiger partial charge on any atom is 0.240 e. The first-order valence-electron chi connectivity index (χ1n) is 13.7. The van der Waals surface area contributed by atoms with Crippen LogP contribution in [0.15, 0.2) is 72.8 Å². The van der Waals surface area contributed by atoms with Gasteiger partial charge in [0.1, 0.15) is 12.4 Å². The van der Waals surface area contributed by atoms with Crippen molar-refractivity contribution >= 4 is 29.4 Å². The lowest BCUT2D eigenvalue weighted by molar-refractivity contribution is -0.123. The zero-order valence-electron chi connectivity index (χ0n) is 23.3. The standard InChI is InChI=1S/C32H32N4O4S/c1-20(2)16-33-27(37)17-35-28(38)18-41-31(23-12-13-25-26(15-23)40-19-39-25)29-30(22-9-5-4-6-10-22)34-36(32(29)35)24-11-7-8-21(3)14-24/h4-15,20,31H,16-19H2,1-3H3,(H,33,37). The number of carbonyl (C=O) groups is 2. The van der Waals surface area contributed by atoms with E-state index in [-0.39, 0.29) is 36.2 Å². The number of thioether (sulfide) groups is 1. The molecule has 0 fully saturated rings. The average molecular weight is 569 g/mol. The van der Waals surface area contributed by atoms with E-state index in [1.807, 2.05) is 98.2 Å². The van der Waals surface area contributed by atoms with Crippen LogP contribution in [0.2, 0.25) is 0 Å². The number of aryl methyl sites for hydroxylation is 1. The largest absolute Gasteiger partial charge is 0.454 e. The fraction of sp³-hybridized carbons (Fsp3) is 0.281. The third kappa shape index (κ3) is 5.41. The molecule has 0 radical (unpaired) electrons. The Hall–Kier alpha value is -4.24. The smallest absolute Gasteiger partial charge is 0.240 e. The highest BCUT2D eigenvalue weighted by molar-refractivity contribution is 8.00. The Kier molecular flexibility index (Phi) is 7.45. The molecule has 41 heavy (non-hydrogen) atoms. The molecule has 0 aliphatic carbocycles. The highest BCUT2D eigenvalue weighted by atomic mass is 32.2. The Morgan fingerprint density at radius 3 is 2.63 bits per heavy atom. The van der Waals surface area contributed by atoms with Gasteiger partial charge in [-0.25, -0.2) is 4.68 Å². The molecule has 1 atom stereocenters. The van der Waals surface area contributed by atoms with Crippen molar-refractivity contribution in [1.82, 2.24) is 15.1 Å². The quantitative estimate of drug-likeness (QED) is 0.316. The second-order valence-electron chi connectivity index (χ2n) is 10.7. The summed E-state index contributed by atoms with van der Waals surface area (Å²) >= 11 is 1.53. The van der Waals surface area contributed by atoms with E-state index in [4.69, 9.17) is 14.6 Å². The lowest BCUT2D eigenvalue weighted by atomic mass is 9.99. The van der Waals surface area contributed by atoms with Crippen LogP contribution in [0.25, 0.3) is 16.9 Å². The van der Waals surface area contributed by atoms with Crippen LogP contribution >= 0.6 is 11.8 Å². The Bertz CT molecular complexity index is 1600. The minimum atomic E-state index is -0.249. The lowest BCUT2D eigenvalue weighted by Crippen LogP contribution is -2.43. The molecule has 1 unspecified atom stereocenters. The number of carbonyl (C=O) groups excluding carboxylic acids is 2. The molecule has 6 rings (SSSR count). The molecular weight excluding hydrogens is 536 g/mol. The topological polar surface area (TPSA) is 85.7 Å². The summed E-state index contributed by atoms with van der Waals surface area (Å²) in [7, 11) is 0. The number of aromatic nitrogens is 2. The van der Waals surface area contributed by atoms with Gasteiger partial charge < -0.3 is 14.8 Å². The highest BCUT2D eigenvalue weighted by Gasteiger charge is 2.38. The number of anilines is 1. The van der Waals surface area contributed by atoms with Gasteiger partial charge in [0.05, 0.1) is 22.4 Å². The van der Waals surface area contributed by atoms with Crippen LogP contribution in [0.3, 0.4) is 0 Å². The summed E-state index contributed by atoms with van der Waals surface area (Å²) in [5.41, 5.74) is 5.43. The molecule has 0 spiro atoms. The zero-order valence-corrected chi connectivity index (χ0v) is 24.1. The maximum absolute atomic E-state index is 13.9. The Balaban J connectivity index is 1.58. The molecule has 4 aromatic rings. The van der Waals surface area contributed by atoms with Gasteiger partial charge in [-0.2, -0.15) is 5.10 Å². The van der Waals surface area contributed by atoms with E-state index < -0.39 is 0 Å². The molecule has 3 heterocycles. The van der Waals surface area contributed by atoms with Crippen LogP contribution in [0.5, 0.6) is 11.5 Å².